The van der Waals surface area contributed by atoms with Gasteiger partial charge in [0.2, 0.25) is 10.0 Å². The molecule has 0 spiro atoms. The van der Waals surface area contributed by atoms with Crippen molar-refractivity contribution in [2.75, 3.05) is 76.4 Å². The number of ether oxygens (including phenoxy) is 2. The van der Waals surface area contributed by atoms with E-state index in [2.05, 4.69) is 22.2 Å². The average Bonchev–Trinajstić information content (AvgIpc) is 2.84. The number of nitrogens with one attached hydrogen (secondary N) is 1. The number of hydrogen-bond donors (Lipinski definition) is 1. The molecule has 0 unspecified atom stereocenters. The summed E-state index contributed by atoms with van der Waals surface area (Å²) in [5.41, 5.74) is 1.27. The minimum absolute atomic E-state index is 0.154. The first-order valence-corrected chi connectivity index (χ1v) is 12.5. The second kappa shape index (κ2) is 10.5. The molecule has 9 nitrogen and oxygen atoms in total. The maximum Gasteiger partial charge on any atom is 0.262 e. The third-order valence-electron chi connectivity index (χ3n) is 5.81. The van der Waals surface area contributed by atoms with E-state index < -0.39 is 10.0 Å². The van der Waals surface area contributed by atoms with Gasteiger partial charge in [-0.1, -0.05) is 18.2 Å². The first kappa shape index (κ1) is 23.5. The van der Waals surface area contributed by atoms with Crippen LogP contribution in [0.15, 0.2) is 53.4 Å². The minimum Gasteiger partial charge on any atom is -0.484 e. The predicted octanol–water partition coefficient (Wildman–Crippen LogP) is 1.48. The van der Waals surface area contributed by atoms with Crippen LogP contribution in [0.4, 0.5) is 11.4 Å². The maximum absolute atomic E-state index is 13.2. The molecule has 33 heavy (non-hydrogen) atoms. The number of rotatable bonds is 7. The Bertz CT molecular complexity index is 1050. The average molecular weight is 475 g/mol. The lowest BCUT2D eigenvalue weighted by Crippen LogP contribution is -2.45. The highest BCUT2D eigenvalue weighted by molar-refractivity contribution is 7.89. The number of carbonyl (C=O) groups excluding carboxylic acids is 1. The molecule has 178 valence electrons. The number of carbonyl (C=O) groups is 1. The van der Waals surface area contributed by atoms with E-state index in [1.807, 2.05) is 18.2 Å². The molecule has 2 heterocycles. The van der Waals surface area contributed by atoms with Crippen LogP contribution < -0.4 is 15.0 Å². The van der Waals surface area contributed by atoms with Crippen molar-refractivity contribution < 1.29 is 22.7 Å². The van der Waals surface area contributed by atoms with Crippen LogP contribution >= 0.6 is 0 Å². The van der Waals surface area contributed by atoms with Gasteiger partial charge < -0.3 is 24.6 Å². The number of nitrogens with zero attached hydrogens (tertiary/aromatic N) is 3. The van der Waals surface area contributed by atoms with E-state index in [1.54, 1.807) is 30.3 Å². The second-order valence-corrected chi connectivity index (χ2v) is 10.1. The number of morpholine rings is 1. The van der Waals surface area contributed by atoms with Crippen molar-refractivity contribution in [2.45, 2.75) is 4.90 Å². The molecule has 10 heteroatoms. The highest BCUT2D eigenvalue weighted by atomic mass is 32.2. The summed E-state index contributed by atoms with van der Waals surface area (Å²) in [5, 5.41) is 2.88. The smallest absolute Gasteiger partial charge is 0.262 e. The third kappa shape index (κ3) is 5.83. The quantitative estimate of drug-likeness (QED) is 0.650. The van der Waals surface area contributed by atoms with Gasteiger partial charge in [-0.05, 0) is 37.4 Å². The fraction of sp³-hybridized carbons (Fsp3) is 0.435. The standard InChI is InChI=1S/C23H30N4O5S/c1-25-9-11-26(12-10-25)22-8-7-20(33(29,30)27-13-15-31-16-14-27)17-21(22)24-23(28)18-32-19-5-3-2-4-6-19/h2-8,17H,9-16,18H2,1H3,(H,24,28). The van der Waals surface area contributed by atoms with E-state index in [4.69, 9.17) is 9.47 Å². The topological polar surface area (TPSA) is 91.4 Å². The number of hydrogen-bond acceptors (Lipinski definition) is 7. The molecule has 2 aliphatic rings. The molecule has 0 atom stereocenters. The number of anilines is 2. The Morgan fingerprint density at radius 3 is 2.39 bits per heavy atom. The summed E-state index contributed by atoms with van der Waals surface area (Å²) < 4.78 is 38.6. The van der Waals surface area contributed by atoms with Crippen molar-refractivity contribution in [3.63, 3.8) is 0 Å². The largest absolute Gasteiger partial charge is 0.484 e. The van der Waals surface area contributed by atoms with Crippen LogP contribution in [0.5, 0.6) is 5.75 Å². The second-order valence-electron chi connectivity index (χ2n) is 8.14. The number of sulfonamides is 1. The van der Waals surface area contributed by atoms with Crippen molar-refractivity contribution in [3.8, 4) is 5.75 Å². The summed E-state index contributed by atoms with van der Waals surface area (Å²) in [6, 6.07) is 14.0. The molecule has 0 aliphatic carbocycles. The Morgan fingerprint density at radius 1 is 1.00 bits per heavy atom. The monoisotopic (exact) mass is 474 g/mol. The van der Waals surface area contributed by atoms with E-state index in [0.29, 0.717) is 37.7 Å². The fourth-order valence-corrected chi connectivity index (χ4v) is 5.32. The van der Waals surface area contributed by atoms with Crippen LogP contribution in [0.2, 0.25) is 0 Å². The number of likely N-dealkylation sites (N-methyl/N-ethyl adjacent to an activating group) is 1. The SMILES string of the molecule is CN1CCN(c2ccc(S(=O)(=O)N3CCOCC3)cc2NC(=O)COc2ccccc2)CC1. The molecule has 2 aromatic rings. The molecule has 0 radical (unpaired) electrons. The van der Waals surface area contributed by atoms with Crippen LogP contribution in [-0.2, 0) is 19.6 Å². The summed E-state index contributed by atoms with van der Waals surface area (Å²) in [5.74, 6) is 0.241. The number of benzene rings is 2. The van der Waals surface area contributed by atoms with Crippen LogP contribution in [0.3, 0.4) is 0 Å². The van der Waals surface area contributed by atoms with Crippen molar-refractivity contribution in [1.82, 2.24) is 9.21 Å². The minimum atomic E-state index is -3.69. The highest BCUT2D eigenvalue weighted by Gasteiger charge is 2.28. The van der Waals surface area contributed by atoms with Crippen LogP contribution in [-0.4, -0.2) is 89.7 Å². The zero-order valence-corrected chi connectivity index (χ0v) is 19.6. The Morgan fingerprint density at radius 2 is 1.70 bits per heavy atom. The summed E-state index contributed by atoms with van der Waals surface area (Å²) in [6.45, 7) is 4.55. The van der Waals surface area contributed by atoms with Gasteiger partial charge in [0.05, 0.1) is 29.5 Å². The molecule has 0 bridgehead atoms. The number of piperazine rings is 1. The third-order valence-corrected chi connectivity index (χ3v) is 7.70. The molecule has 4 rings (SSSR count). The Hall–Kier alpha value is -2.66. The summed E-state index contributed by atoms with van der Waals surface area (Å²) in [4.78, 5) is 17.3. The van der Waals surface area contributed by atoms with Crippen molar-refractivity contribution in [2.24, 2.45) is 0 Å². The normalized spacial score (nSPS) is 18.2. The van der Waals surface area contributed by atoms with E-state index in [0.717, 1.165) is 31.9 Å². The lowest BCUT2D eigenvalue weighted by molar-refractivity contribution is -0.118. The molecule has 1 amide bonds. The highest BCUT2D eigenvalue weighted by Crippen LogP contribution is 2.31. The fourth-order valence-electron chi connectivity index (χ4n) is 3.89. The van der Waals surface area contributed by atoms with Gasteiger partial charge in [-0.3, -0.25) is 4.79 Å². The van der Waals surface area contributed by atoms with Crippen molar-refractivity contribution in [3.05, 3.63) is 48.5 Å². The van der Waals surface area contributed by atoms with Crippen LogP contribution in [0.25, 0.3) is 0 Å². The first-order chi connectivity index (χ1) is 15.9. The Kier molecular flexibility index (Phi) is 7.49. The molecule has 0 saturated carbocycles. The van der Waals surface area contributed by atoms with E-state index in [1.165, 1.54) is 4.31 Å². The molecule has 0 aromatic heterocycles. The van der Waals surface area contributed by atoms with Crippen LogP contribution in [0, 0.1) is 0 Å². The van der Waals surface area contributed by atoms with Gasteiger partial charge in [0.15, 0.2) is 6.61 Å². The summed E-state index contributed by atoms with van der Waals surface area (Å²) >= 11 is 0. The summed E-state index contributed by atoms with van der Waals surface area (Å²) in [6.07, 6.45) is 0. The molecule has 2 aromatic carbocycles. The van der Waals surface area contributed by atoms with Gasteiger partial charge in [0, 0.05) is 39.3 Å². The Labute approximate surface area is 194 Å². The van der Waals surface area contributed by atoms with E-state index >= 15 is 0 Å². The van der Waals surface area contributed by atoms with Gasteiger partial charge in [0.25, 0.3) is 5.91 Å². The van der Waals surface area contributed by atoms with Gasteiger partial charge in [-0.25, -0.2) is 8.42 Å². The van der Waals surface area contributed by atoms with Crippen molar-refractivity contribution in [1.29, 1.82) is 0 Å². The number of amides is 1. The number of para-hydroxylation sites is 1. The molecular weight excluding hydrogens is 444 g/mol. The predicted molar refractivity (Wildman–Crippen MR) is 126 cm³/mol. The van der Waals surface area contributed by atoms with E-state index in [9.17, 15) is 13.2 Å². The molecule has 2 saturated heterocycles. The first-order valence-electron chi connectivity index (χ1n) is 11.1. The molecule has 2 fully saturated rings. The van der Waals surface area contributed by atoms with Crippen LogP contribution in [0.1, 0.15) is 0 Å². The molecule has 2 aliphatic heterocycles. The lowest BCUT2D eigenvalue weighted by atomic mass is 10.2. The molecular formula is C23H30N4O5S. The summed E-state index contributed by atoms with van der Waals surface area (Å²) in [7, 11) is -1.62. The zero-order valence-electron chi connectivity index (χ0n) is 18.8. The zero-order chi connectivity index (χ0) is 23.3. The molecule has 1 N–H and O–H groups in total. The lowest BCUT2D eigenvalue weighted by Gasteiger charge is -2.35. The maximum atomic E-state index is 13.2. The van der Waals surface area contributed by atoms with Gasteiger partial charge in [0.1, 0.15) is 5.75 Å². The van der Waals surface area contributed by atoms with Gasteiger partial charge in [-0.15, -0.1) is 0 Å². The Balaban J connectivity index is 1.56. The van der Waals surface area contributed by atoms with Gasteiger partial charge in [-0.2, -0.15) is 4.31 Å². The van der Waals surface area contributed by atoms with Crippen molar-refractivity contribution >= 4 is 27.3 Å². The van der Waals surface area contributed by atoms with E-state index in [-0.39, 0.29) is 17.4 Å². The van der Waals surface area contributed by atoms with Gasteiger partial charge >= 0.3 is 0 Å².